The number of benzene rings is 1. The molecule has 0 radical (unpaired) electrons. The highest BCUT2D eigenvalue weighted by atomic mass is 79.9. The van der Waals surface area contributed by atoms with Gasteiger partial charge in [0.2, 0.25) is 0 Å². The summed E-state index contributed by atoms with van der Waals surface area (Å²) in [6, 6.07) is 2.11. The molecule has 0 aromatic heterocycles. The Labute approximate surface area is 119 Å². The van der Waals surface area contributed by atoms with Gasteiger partial charge < -0.3 is 10.1 Å². The minimum Gasteiger partial charge on any atom is -0.379 e. The van der Waals surface area contributed by atoms with Gasteiger partial charge in [0, 0.05) is 17.6 Å². The van der Waals surface area contributed by atoms with Crippen LogP contribution < -0.4 is 5.32 Å². The maximum absolute atomic E-state index is 13.5. The number of rotatable bonds is 6. The Morgan fingerprint density at radius 1 is 1.37 bits per heavy atom. The molecule has 0 heterocycles. The first-order valence-corrected chi connectivity index (χ1v) is 6.75. The standard InChI is InChI=1S/C13H16BrF2NO2/c1-8(2)19-5-3-4-17-13(18)12-10(15)6-9(14)7-11(12)16/h6-8H,3-5H2,1-2H3,(H,17,18). The molecule has 6 heteroatoms. The summed E-state index contributed by atoms with van der Waals surface area (Å²) in [4.78, 5) is 11.6. The van der Waals surface area contributed by atoms with Crippen molar-refractivity contribution in [1.29, 1.82) is 0 Å². The van der Waals surface area contributed by atoms with Crippen LogP contribution in [0.25, 0.3) is 0 Å². The molecule has 19 heavy (non-hydrogen) atoms. The highest BCUT2D eigenvalue weighted by molar-refractivity contribution is 9.10. The van der Waals surface area contributed by atoms with Gasteiger partial charge in [-0.05, 0) is 32.4 Å². The molecule has 0 aliphatic heterocycles. The van der Waals surface area contributed by atoms with Gasteiger partial charge in [-0.1, -0.05) is 15.9 Å². The second-order valence-electron chi connectivity index (χ2n) is 4.27. The van der Waals surface area contributed by atoms with E-state index in [-0.39, 0.29) is 10.6 Å². The Hall–Kier alpha value is -1.01. The molecule has 1 rings (SSSR count). The summed E-state index contributed by atoms with van der Waals surface area (Å²) in [6.07, 6.45) is 0.709. The summed E-state index contributed by atoms with van der Waals surface area (Å²) >= 11 is 2.95. The fourth-order valence-corrected chi connectivity index (χ4v) is 1.84. The zero-order valence-corrected chi connectivity index (χ0v) is 12.4. The normalized spacial score (nSPS) is 10.8. The second kappa shape index (κ2) is 7.55. The van der Waals surface area contributed by atoms with Gasteiger partial charge >= 0.3 is 0 Å². The summed E-state index contributed by atoms with van der Waals surface area (Å²) in [6.45, 7) is 4.61. The average molecular weight is 336 g/mol. The Kier molecular flexibility index (Phi) is 6.37. The van der Waals surface area contributed by atoms with Crippen LogP contribution >= 0.6 is 15.9 Å². The molecular formula is C13H16BrF2NO2. The van der Waals surface area contributed by atoms with Crippen LogP contribution in [0.1, 0.15) is 30.6 Å². The Bertz CT molecular complexity index is 429. The van der Waals surface area contributed by atoms with Crippen molar-refractivity contribution < 1.29 is 18.3 Å². The fourth-order valence-electron chi connectivity index (χ4n) is 1.44. The molecule has 106 valence electrons. The highest BCUT2D eigenvalue weighted by Crippen LogP contribution is 2.19. The number of ether oxygens (including phenoxy) is 1. The smallest absolute Gasteiger partial charge is 0.257 e. The van der Waals surface area contributed by atoms with Crippen LogP contribution in [0, 0.1) is 11.6 Å². The molecular weight excluding hydrogens is 320 g/mol. The summed E-state index contributed by atoms with van der Waals surface area (Å²) < 4.78 is 32.5. The molecule has 1 N–H and O–H groups in total. The second-order valence-corrected chi connectivity index (χ2v) is 5.19. The topological polar surface area (TPSA) is 38.3 Å². The number of nitrogens with one attached hydrogen (secondary N) is 1. The van der Waals surface area contributed by atoms with Crippen LogP contribution in [0.5, 0.6) is 0 Å². The number of hydrogen-bond donors (Lipinski definition) is 1. The molecule has 0 unspecified atom stereocenters. The summed E-state index contributed by atoms with van der Waals surface area (Å²) in [7, 11) is 0. The predicted molar refractivity (Wildman–Crippen MR) is 72.1 cm³/mol. The Balaban J connectivity index is 2.50. The van der Waals surface area contributed by atoms with E-state index in [4.69, 9.17) is 4.74 Å². The average Bonchev–Trinajstić information content (AvgIpc) is 2.26. The Morgan fingerprint density at radius 3 is 2.47 bits per heavy atom. The van der Waals surface area contributed by atoms with Crippen molar-refractivity contribution in [2.75, 3.05) is 13.2 Å². The summed E-state index contributed by atoms with van der Waals surface area (Å²) in [5.41, 5.74) is -0.562. The van der Waals surface area contributed by atoms with E-state index in [2.05, 4.69) is 21.2 Å². The third-order valence-corrected chi connectivity index (χ3v) is 2.75. The predicted octanol–water partition coefficient (Wildman–Crippen LogP) is 3.27. The van der Waals surface area contributed by atoms with Crippen molar-refractivity contribution in [3.8, 4) is 0 Å². The lowest BCUT2D eigenvalue weighted by Crippen LogP contribution is -2.27. The number of carbonyl (C=O) groups excluding carboxylic acids is 1. The van der Waals surface area contributed by atoms with Gasteiger partial charge in [-0.25, -0.2) is 8.78 Å². The van der Waals surface area contributed by atoms with E-state index in [9.17, 15) is 13.6 Å². The van der Waals surface area contributed by atoms with Crippen molar-refractivity contribution in [3.63, 3.8) is 0 Å². The number of amides is 1. The summed E-state index contributed by atoms with van der Waals surface area (Å²) in [5, 5.41) is 2.46. The molecule has 1 aromatic rings. The number of carbonyl (C=O) groups is 1. The molecule has 1 amide bonds. The molecule has 1 aromatic carbocycles. The van der Waals surface area contributed by atoms with E-state index in [0.717, 1.165) is 12.1 Å². The SMILES string of the molecule is CC(C)OCCCNC(=O)c1c(F)cc(Br)cc1F. The maximum atomic E-state index is 13.5. The Morgan fingerprint density at radius 2 is 1.95 bits per heavy atom. The van der Waals surface area contributed by atoms with Gasteiger partial charge in [-0.15, -0.1) is 0 Å². The molecule has 0 saturated carbocycles. The van der Waals surface area contributed by atoms with Gasteiger partial charge in [0.05, 0.1) is 6.10 Å². The van der Waals surface area contributed by atoms with Crippen LogP contribution in [0.2, 0.25) is 0 Å². The van der Waals surface area contributed by atoms with E-state index in [1.54, 1.807) is 0 Å². The van der Waals surface area contributed by atoms with Crippen LogP contribution in [-0.4, -0.2) is 25.2 Å². The van der Waals surface area contributed by atoms with E-state index in [0.29, 0.717) is 19.6 Å². The summed E-state index contributed by atoms with van der Waals surface area (Å²) in [5.74, 6) is -2.53. The monoisotopic (exact) mass is 335 g/mol. The quantitative estimate of drug-likeness (QED) is 0.810. The minimum absolute atomic E-state index is 0.122. The lowest BCUT2D eigenvalue weighted by atomic mass is 10.2. The number of hydrogen-bond acceptors (Lipinski definition) is 2. The molecule has 0 bridgehead atoms. The van der Waals surface area contributed by atoms with Crippen molar-refractivity contribution in [2.24, 2.45) is 0 Å². The van der Waals surface area contributed by atoms with E-state index >= 15 is 0 Å². The van der Waals surface area contributed by atoms with Gasteiger partial charge in [0.15, 0.2) is 0 Å². The number of halogens is 3. The zero-order chi connectivity index (χ0) is 14.4. The molecule has 0 fully saturated rings. The van der Waals surface area contributed by atoms with Crippen LogP contribution in [0.15, 0.2) is 16.6 Å². The maximum Gasteiger partial charge on any atom is 0.257 e. The van der Waals surface area contributed by atoms with Gasteiger partial charge in [0.1, 0.15) is 17.2 Å². The van der Waals surface area contributed by atoms with E-state index < -0.39 is 23.1 Å². The lowest BCUT2D eigenvalue weighted by molar-refractivity contribution is 0.0756. The van der Waals surface area contributed by atoms with Crippen LogP contribution in [0.3, 0.4) is 0 Å². The molecule has 0 spiro atoms. The molecule has 0 atom stereocenters. The van der Waals surface area contributed by atoms with Crippen LogP contribution in [0.4, 0.5) is 8.78 Å². The zero-order valence-electron chi connectivity index (χ0n) is 10.8. The third kappa shape index (κ3) is 5.24. The van der Waals surface area contributed by atoms with Gasteiger partial charge in [-0.3, -0.25) is 4.79 Å². The van der Waals surface area contributed by atoms with Crippen molar-refractivity contribution in [2.45, 2.75) is 26.4 Å². The van der Waals surface area contributed by atoms with Gasteiger partial charge in [-0.2, -0.15) is 0 Å². The van der Waals surface area contributed by atoms with E-state index in [1.165, 1.54) is 0 Å². The highest BCUT2D eigenvalue weighted by Gasteiger charge is 2.17. The fraction of sp³-hybridized carbons (Fsp3) is 0.462. The van der Waals surface area contributed by atoms with Crippen molar-refractivity contribution in [3.05, 3.63) is 33.8 Å². The molecule has 0 aliphatic carbocycles. The third-order valence-electron chi connectivity index (χ3n) is 2.29. The van der Waals surface area contributed by atoms with Crippen molar-refractivity contribution >= 4 is 21.8 Å². The van der Waals surface area contributed by atoms with Gasteiger partial charge in [0.25, 0.3) is 5.91 Å². The lowest BCUT2D eigenvalue weighted by Gasteiger charge is -2.09. The van der Waals surface area contributed by atoms with E-state index in [1.807, 2.05) is 13.8 Å². The van der Waals surface area contributed by atoms with Crippen LogP contribution in [-0.2, 0) is 4.74 Å². The molecule has 0 saturated heterocycles. The molecule has 3 nitrogen and oxygen atoms in total. The first kappa shape index (κ1) is 16.0. The largest absolute Gasteiger partial charge is 0.379 e. The minimum atomic E-state index is -0.886. The molecule has 0 aliphatic rings. The first-order valence-electron chi connectivity index (χ1n) is 5.96. The van der Waals surface area contributed by atoms with Crippen molar-refractivity contribution in [1.82, 2.24) is 5.32 Å². The first-order chi connectivity index (χ1) is 8.91.